The van der Waals surface area contributed by atoms with E-state index in [-0.39, 0.29) is 12.1 Å². The number of rotatable bonds is 3. The zero-order valence-electron chi connectivity index (χ0n) is 12.9. The number of nitrogens with one attached hydrogen (secondary N) is 2. The van der Waals surface area contributed by atoms with Gasteiger partial charge >= 0.3 is 6.03 Å². The van der Waals surface area contributed by atoms with Gasteiger partial charge in [-0.2, -0.15) is 5.10 Å². The zero-order chi connectivity index (χ0) is 15.5. The van der Waals surface area contributed by atoms with Crippen molar-refractivity contribution >= 4 is 11.7 Å². The van der Waals surface area contributed by atoms with Gasteiger partial charge in [0, 0.05) is 30.3 Å². The van der Waals surface area contributed by atoms with Crippen molar-refractivity contribution in [3.05, 3.63) is 42.0 Å². The first-order valence-electron chi connectivity index (χ1n) is 7.69. The zero-order valence-corrected chi connectivity index (χ0v) is 12.9. The number of anilines is 1. The van der Waals surface area contributed by atoms with Gasteiger partial charge in [-0.25, -0.2) is 4.79 Å². The maximum absolute atomic E-state index is 12.2. The number of carbonyl (C=O) groups excluding carboxylic acids is 1. The van der Waals surface area contributed by atoms with Gasteiger partial charge in [0.2, 0.25) is 0 Å². The average molecular weight is 299 g/mol. The number of hydrogen-bond donors (Lipinski definition) is 2. The van der Waals surface area contributed by atoms with Crippen LogP contribution in [0.2, 0.25) is 0 Å². The molecule has 1 aliphatic carbocycles. The number of aromatic nitrogens is 3. The summed E-state index contributed by atoms with van der Waals surface area (Å²) in [6, 6.07) is 3.63. The number of hydrogen-bond acceptors (Lipinski definition) is 3. The Bertz CT molecular complexity index is 650. The average Bonchev–Trinajstić information content (AvgIpc) is 2.93. The Labute approximate surface area is 129 Å². The fourth-order valence-corrected chi connectivity index (χ4v) is 2.73. The molecule has 2 aromatic rings. The third kappa shape index (κ3) is 3.10. The van der Waals surface area contributed by atoms with Gasteiger partial charge < -0.3 is 10.6 Å². The Morgan fingerprint density at radius 1 is 1.36 bits per heavy atom. The van der Waals surface area contributed by atoms with E-state index < -0.39 is 0 Å². The van der Waals surface area contributed by atoms with Gasteiger partial charge in [-0.15, -0.1) is 0 Å². The molecule has 0 radical (unpaired) electrons. The number of carbonyl (C=O) groups is 1. The summed E-state index contributed by atoms with van der Waals surface area (Å²) in [5.74, 6) is 0. The van der Waals surface area contributed by atoms with Crippen molar-refractivity contribution in [1.82, 2.24) is 20.1 Å². The van der Waals surface area contributed by atoms with E-state index in [1.54, 1.807) is 24.5 Å². The molecule has 1 aliphatic rings. The predicted molar refractivity (Wildman–Crippen MR) is 84.7 cm³/mol. The maximum Gasteiger partial charge on any atom is 0.319 e. The van der Waals surface area contributed by atoms with Gasteiger partial charge in [-0.05, 0) is 50.8 Å². The first-order chi connectivity index (χ1) is 10.6. The molecule has 0 aromatic carbocycles. The summed E-state index contributed by atoms with van der Waals surface area (Å²) >= 11 is 0. The second-order valence-electron chi connectivity index (χ2n) is 5.89. The first kappa shape index (κ1) is 14.6. The van der Waals surface area contributed by atoms with E-state index in [4.69, 9.17) is 0 Å². The maximum atomic E-state index is 12.2. The van der Waals surface area contributed by atoms with E-state index in [1.807, 2.05) is 4.68 Å². The molecule has 0 bridgehead atoms. The lowest BCUT2D eigenvalue weighted by atomic mass is 9.94. The fraction of sp³-hybridized carbons (Fsp3) is 0.438. The molecule has 2 heterocycles. The van der Waals surface area contributed by atoms with Crippen LogP contribution in [-0.2, 0) is 6.42 Å². The molecule has 2 amide bonds. The van der Waals surface area contributed by atoms with Gasteiger partial charge in [0.25, 0.3) is 0 Å². The Morgan fingerprint density at radius 2 is 2.14 bits per heavy atom. The monoisotopic (exact) mass is 299 g/mol. The number of aryl methyl sites for hydroxylation is 1. The summed E-state index contributed by atoms with van der Waals surface area (Å²) in [7, 11) is 0. The predicted octanol–water partition coefficient (Wildman–Crippen LogP) is 3.06. The fourth-order valence-electron chi connectivity index (χ4n) is 2.73. The quantitative estimate of drug-likeness (QED) is 0.915. The van der Waals surface area contributed by atoms with Crippen LogP contribution in [0, 0.1) is 0 Å². The number of pyridine rings is 1. The van der Waals surface area contributed by atoms with Crippen molar-refractivity contribution in [2.24, 2.45) is 0 Å². The van der Waals surface area contributed by atoms with Crippen LogP contribution in [0.1, 0.15) is 50.0 Å². The summed E-state index contributed by atoms with van der Waals surface area (Å²) in [4.78, 5) is 16.1. The van der Waals surface area contributed by atoms with Crippen LogP contribution < -0.4 is 10.6 Å². The lowest BCUT2D eigenvalue weighted by Gasteiger charge is -2.22. The van der Waals surface area contributed by atoms with Crippen LogP contribution in [0.25, 0.3) is 0 Å². The minimum absolute atomic E-state index is 0.0226. The summed E-state index contributed by atoms with van der Waals surface area (Å²) < 4.78 is 1.98. The van der Waals surface area contributed by atoms with Crippen molar-refractivity contribution in [2.45, 2.75) is 45.2 Å². The molecule has 0 fully saturated rings. The van der Waals surface area contributed by atoms with Crippen LogP contribution in [0.4, 0.5) is 10.5 Å². The van der Waals surface area contributed by atoms with Crippen molar-refractivity contribution < 1.29 is 4.79 Å². The van der Waals surface area contributed by atoms with Gasteiger partial charge in [-0.1, -0.05) is 0 Å². The van der Waals surface area contributed by atoms with E-state index >= 15 is 0 Å². The molecule has 2 aromatic heterocycles. The number of nitrogens with zero attached hydrogens (tertiary/aromatic N) is 3. The molecule has 0 spiro atoms. The molecular weight excluding hydrogens is 278 g/mol. The molecular formula is C16H21N5O. The third-order valence-electron chi connectivity index (χ3n) is 3.88. The second kappa shape index (κ2) is 6.17. The summed E-state index contributed by atoms with van der Waals surface area (Å²) in [5, 5.41) is 10.5. The first-order valence-corrected chi connectivity index (χ1v) is 7.69. The third-order valence-corrected chi connectivity index (χ3v) is 3.88. The minimum Gasteiger partial charge on any atom is -0.329 e. The van der Waals surface area contributed by atoms with Crippen LogP contribution in [-0.4, -0.2) is 20.8 Å². The van der Waals surface area contributed by atoms with Gasteiger partial charge in [0.1, 0.15) is 0 Å². The normalized spacial score (nSPS) is 17.1. The highest BCUT2D eigenvalue weighted by Crippen LogP contribution is 2.29. The molecule has 2 N–H and O–H groups in total. The topological polar surface area (TPSA) is 71.8 Å². The standard InChI is InChI=1S/C16H21N5O/c1-11(2)21-10-12-4-3-5-14(15(12)20-21)19-16(22)18-13-6-8-17-9-7-13/h6-11,14H,3-5H2,1-2H3,(H2,17,18,19,22)/t14-/m1/s1. The van der Waals surface area contributed by atoms with Crippen LogP contribution in [0.5, 0.6) is 0 Å². The number of fused-ring (bicyclic) bond motifs is 1. The van der Waals surface area contributed by atoms with Crippen molar-refractivity contribution in [1.29, 1.82) is 0 Å². The Morgan fingerprint density at radius 3 is 2.86 bits per heavy atom. The van der Waals surface area contributed by atoms with Gasteiger partial charge in [-0.3, -0.25) is 9.67 Å². The molecule has 0 unspecified atom stereocenters. The van der Waals surface area contributed by atoms with Gasteiger partial charge in [0.15, 0.2) is 0 Å². The van der Waals surface area contributed by atoms with Crippen molar-refractivity contribution in [2.75, 3.05) is 5.32 Å². The Kier molecular flexibility index (Phi) is 4.09. The molecule has 116 valence electrons. The highest BCUT2D eigenvalue weighted by molar-refractivity contribution is 5.89. The number of urea groups is 1. The molecule has 6 nitrogen and oxygen atoms in total. The van der Waals surface area contributed by atoms with E-state index in [2.05, 4.69) is 40.8 Å². The highest BCUT2D eigenvalue weighted by Gasteiger charge is 2.25. The molecule has 0 aliphatic heterocycles. The SMILES string of the molecule is CC(C)n1cc2c(n1)[C@H](NC(=O)Nc1ccncc1)CCC2. The van der Waals surface area contributed by atoms with E-state index in [9.17, 15) is 4.79 Å². The molecule has 0 saturated carbocycles. The highest BCUT2D eigenvalue weighted by atomic mass is 16.2. The summed E-state index contributed by atoms with van der Waals surface area (Å²) in [6.45, 7) is 4.22. The van der Waals surface area contributed by atoms with E-state index in [0.29, 0.717) is 6.04 Å². The lowest BCUT2D eigenvalue weighted by molar-refractivity contribution is 0.246. The molecule has 1 atom stereocenters. The van der Waals surface area contributed by atoms with E-state index in [1.165, 1.54) is 5.56 Å². The number of amides is 2. The molecule has 3 rings (SSSR count). The van der Waals surface area contributed by atoms with Crippen LogP contribution in [0.15, 0.2) is 30.7 Å². The summed E-state index contributed by atoms with van der Waals surface area (Å²) in [5.41, 5.74) is 2.98. The molecule has 6 heteroatoms. The van der Waals surface area contributed by atoms with E-state index in [0.717, 1.165) is 30.6 Å². The van der Waals surface area contributed by atoms with Crippen molar-refractivity contribution in [3.8, 4) is 0 Å². The Balaban J connectivity index is 1.70. The van der Waals surface area contributed by atoms with Gasteiger partial charge in [0.05, 0.1) is 11.7 Å². The largest absolute Gasteiger partial charge is 0.329 e. The molecule has 0 saturated heterocycles. The second-order valence-corrected chi connectivity index (χ2v) is 5.89. The Hall–Kier alpha value is -2.37. The summed E-state index contributed by atoms with van der Waals surface area (Å²) in [6.07, 6.45) is 8.43. The van der Waals surface area contributed by atoms with Crippen molar-refractivity contribution in [3.63, 3.8) is 0 Å². The lowest BCUT2D eigenvalue weighted by Crippen LogP contribution is -2.34. The van der Waals surface area contributed by atoms with Crippen LogP contribution >= 0.6 is 0 Å². The van der Waals surface area contributed by atoms with Crippen LogP contribution in [0.3, 0.4) is 0 Å². The smallest absolute Gasteiger partial charge is 0.319 e. The molecule has 22 heavy (non-hydrogen) atoms. The minimum atomic E-state index is -0.205.